The van der Waals surface area contributed by atoms with Crippen LogP contribution < -0.4 is 4.90 Å². The summed E-state index contributed by atoms with van der Waals surface area (Å²) >= 11 is 0. The molecule has 7 heteroatoms. The first-order valence-corrected chi connectivity index (χ1v) is 10.6. The van der Waals surface area contributed by atoms with Crippen molar-refractivity contribution in [3.8, 4) is 0 Å². The molecule has 31 heavy (non-hydrogen) atoms. The molecule has 0 spiro atoms. The third-order valence-electron chi connectivity index (χ3n) is 6.39. The number of benzene rings is 2. The minimum atomic E-state index is -0.600. The predicted molar refractivity (Wildman–Crippen MR) is 121 cm³/mol. The van der Waals surface area contributed by atoms with Crippen molar-refractivity contribution in [2.75, 3.05) is 24.5 Å². The van der Waals surface area contributed by atoms with Crippen molar-refractivity contribution in [2.45, 2.75) is 32.2 Å². The first kappa shape index (κ1) is 19.5. The Morgan fingerprint density at radius 2 is 1.90 bits per heavy atom. The monoisotopic (exact) mass is 414 g/mol. The standard InChI is InChI=1S/C24H26N6O/c1-17-15-28(12-13-30(17)21-22-27-26-16-29(22)11-10-25-21)23(31)24(2,3)20-9-8-18-6-4-5-7-19(18)14-20/h4-11,14,16-17H,12-13,15H2,1-3H3. The lowest BCUT2D eigenvalue weighted by atomic mass is 9.82. The van der Waals surface area contributed by atoms with Gasteiger partial charge in [0, 0.05) is 38.1 Å². The fraction of sp³-hybridized carbons (Fsp3) is 0.333. The second kappa shape index (κ2) is 7.34. The zero-order valence-corrected chi connectivity index (χ0v) is 18.1. The van der Waals surface area contributed by atoms with Gasteiger partial charge in [-0.1, -0.05) is 42.5 Å². The number of hydrogen-bond acceptors (Lipinski definition) is 5. The van der Waals surface area contributed by atoms with E-state index in [0.29, 0.717) is 19.6 Å². The van der Waals surface area contributed by atoms with Gasteiger partial charge in [-0.3, -0.25) is 9.20 Å². The van der Waals surface area contributed by atoms with Gasteiger partial charge in [0.1, 0.15) is 6.33 Å². The first-order chi connectivity index (χ1) is 14.9. The molecule has 7 nitrogen and oxygen atoms in total. The van der Waals surface area contributed by atoms with Gasteiger partial charge in [-0.15, -0.1) is 10.2 Å². The maximum Gasteiger partial charge on any atom is 0.232 e. The van der Waals surface area contributed by atoms with Crippen molar-refractivity contribution in [1.82, 2.24) is 24.5 Å². The topological polar surface area (TPSA) is 66.6 Å². The fourth-order valence-electron chi connectivity index (χ4n) is 4.50. The highest BCUT2D eigenvalue weighted by atomic mass is 16.2. The van der Waals surface area contributed by atoms with Crippen LogP contribution in [0.1, 0.15) is 26.3 Å². The molecule has 1 amide bonds. The van der Waals surface area contributed by atoms with Crippen molar-refractivity contribution in [1.29, 1.82) is 0 Å². The smallest absolute Gasteiger partial charge is 0.232 e. The SMILES string of the molecule is CC1CN(C(=O)C(C)(C)c2ccc3ccccc3c2)CCN1c1nccn2cnnc12. The summed E-state index contributed by atoms with van der Waals surface area (Å²) in [5.74, 6) is 0.969. The van der Waals surface area contributed by atoms with E-state index < -0.39 is 5.41 Å². The van der Waals surface area contributed by atoms with Crippen molar-refractivity contribution in [3.05, 3.63) is 66.7 Å². The van der Waals surface area contributed by atoms with Gasteiger partial charge in [0.2, 0.25) is 11.6 Å². The molecule has 0 N–H and O–H groups in total. The van der Waals surface area contributed by atoms with E-state index >= 15 is 0 Å². The van der Waals surface area contributed by atoms with Gasteiger partial charge in [-0.25, -0.2) is 4.98 Å². The molecule has 1 saturated heterocycles. The molecule has 1 aliphatic rings. The van der Waals surface area contributed by atoms with E-state index in [2.05, 4.69) is 57.3 Å². The number of rotatable bonds is 3. The van der Waals surface area contributed by atoms with Crippen LogP contribution in [-0.2, 0) is 10.2 Å². The summed E-state index contributed by atoms with van der Waals surface area (Å²) in [4.78, 5) is 22.3. The van der Waals surface area contributed by atoms with E-state index in [1.165, 1.54) is 5.39 Å². The number of carbonyl (C=O) groups is 1. The average Bonchev–Trinajstić information content (AvgIpc) is 3.27. The number of fused-ring (bicyclic) bond motifs is 2. The predicted octanol–water partition coefficient (Wildman–Crippen LogP) is 3.29. The average molecular weight is 415 g/mol. The molecule has 0 bridgehead atoms. The van der Waals surface area contributed by atoms with Crippen molar-refractivity contribution in [2.24, 2.45) is 0 Å². The molecule has 0 aliphatic carbocycles. The molecule has 1 aliphatic heterocycles. The van der Waals surface area contributed by atoms with E-state index in [1.807, 2.05) is 41.5 Å². The molecule has 3 heterocycles. The van der Waals surface area contributed by atoms with Crippen LogP contribution in [0.15, 0.2) is 61.2 Å². The highest BCUT2D eigenvalue weighted by Crippen LogP contribution is 2.30. The summed E-state index contributed by atoms with van der Waals surface area (Å²) < 4.78 is 1.87. The highest BCUT2D eigenvalue weighted by Gasteiger charge is 2.37. The molecule has 158 valence electrons. The van der Waals surface area contributed by atoms with Crippen LogP contribution in [-0.4, -0.2) is 56.1 Å². The lowest BCUT2D eigenvalue weighted by molar-refractivity contribution is -0.137. The lowest BCUT2D eigenvalue weighted by Gasteiger charge is -2.43. The normalized spacial score (nSPS) is 17.5. The molecule has 4 aromatic rings. The molecule has 1 atom stereocenters. The Bertz CT molecular complexity index is 1260. The Hall–Kier alpha value is -3.48. The Kier molecular flexibility index (Phi) is 4.61. The summed E-state index contributed by atoms with van der Waals surface area (Å²) in [6.45, 7) is 8.18. The van der Waals surface area contributed by atoms with Gasteiger partial charge >= 0.3 is 0 Å². The van der Waals surface area contributed by atoms with Gasteiger partial charge in [0.25, 0.3) is 0 Å². The molecule has 0 saturated carbocycles. The summed E-state index contributed by atoms with van der Waals surface area (Å²) in [6, 6.07) is 14.7. The summed E-state index contributed by atoms with van der Waals surface area (Å²) in [5, 5.41) is 10.6. The summed E-state index contributed by atoms with van der Waals surface area (Å²) in [7, 11) is 0. The van der Waals surface area contributed by atoms with E-state index in [9.17, 15) is 4.79 Å². The molecule has 5 rings (SSSR count). The molecule has 2 aromatic heterocycles. The maximum absolute atomic E-state index is 13.6. The minimum absolute atomic E-state index is 0.125. The third kappa shape index (κ3) is 3.30. The van der Waals surface area contributed by atoms with Gasteiger partial charge in [0.15, 0.2) is 5.82 Å². The van der Waals surface area contributed by atoms with Crippen molar-refractivity contribution in [3.63, 3.8) is 0 Å². The van der Waals surface area contributed by atoms with Gasteiger partial charge < -0.3 is 9.80 Å². The molecule has 1 unspecified atom stereocenters. The van der Waals surface area contributed by atoms with Gasteiger partial charge in [-0.05, 0) is 37.1 Å². The lowest BCUT2D eigenvalue weighted by Crippen LogP contribution is -2.57. The molecular weight excluding hydrogens is 388 g/mol. The van der Waals surface area contributed by atoms with Gasteiger partial charge in [-0.2, -0.15) is 0 Å². The zero-order chi connectivity index (χ0) is 21.6. The molecular formula is C24H26N6O. The van der Waals surface area contributed by atoms with Crippen LogP contribution in [0, 0.1) is 0 Å². The third-order valence-corrected chi connectivity index (χ3v) is 6.39. The van der Waals surface area contributed by atoms with E-state index in [-0.39, 0.29) is 11.9 Å². The number of amides is 1. The Labute approximate surface area is 181 Å². The number of piperazine rings is 1. The van der Waals surface area contributed by atoms with E-state index in [1.54, 1.807) is 12.5 Å². The Balaban J connectivity index is 1.37. The highest BCUT2D eigenvalue weighted by molar-refractivity contribution is 5.90. The Morgan fingerprint density at radius 3 is 2.71 bits per heavy atom. The van der Waals surface area contributed by atoms with Crippen molar-refractivity contribution < 1.29 is 4.79 Å². The second-order valence-electron chi connectivity index (χ2n) is 8.79. The summed E-state index contributed by atoms with van der Waals surface area (Å²) in [6.07, 6.45) is 5.28. The van der Waals surface area contributed by atoms with Gasteiger partial charge in [0.05, 0.1) is 5.41 Å². The minimum Gasteiger partial charge on any atom is -0.347 e. The second-order valence-corrected chi connectivity index (χ2v) is 8.79. The van der Waals surface area contributed by atoms with Crippen molar-refractivity contribution >= 4 is 28.1 Å². The summed E-state index contributed by atoms with van der Waals surface area (Å²) in [5.41, 5.74) is 1.18. The first-order valence-electron chi connectivity index (χ1n) is 10.6. The molecule has 0 radical (unpaired) electrons. The number of carbonyl (C=O) groups excluding carboxylic acids is 1. The van der Waals surface area contributed by atoms with Crippen LogP contribution in [0.25, 0.3) is 16.4 Å². The quantitative estimate of drug-likeness (QED) is 0.515. The number of aromatic nitrogens is 4. The van der Waals surface area contributed by atoms with Crippen LogP contribution in [0.4, 0.5) is 5.82 Å². The molecule has 2 aromatic carbocycles. The fourth-order valence-corrected chi connectivity index (χ4v) is 4.50. The number of hydrogen-bond donors (Lipinski definition) is 0. The maximum atomic E-state index is 13.6. The van der Waals surface area contributed by atoms with Crippen LogP contribution >= 0.6 is 0 Å². The number of nitrogens with zero attached hydrogens (tertiary/aromatic N) is 6. The zero-order valence-electron chi connectivity index (χ0n) is 18.1. The number of anilines is 1. The molecule has 1 fully saturated rings. The van der Waals surface area contributed by atoms with E-state index in [4.69, 9.17) is 0 Å². The van der Waals surface area contributed by atoms with E-state index in [0.717, 1.165) is 22.4 Å². The van der Waals surface area contributed by atoms with Crippen LogP contribution in [0.2, 0.25) is 0 Å². The van der Waals surface area contributed by atoms with Crippen LogP contribution in [0.5, 0.6) is 0 Å². The largest absolute Gasteiger partial charge is 0.347 e. The Morgan fingerprint density at radius 1 is 1.10 bits per heavy atom. The van der Waals surface area contributed by atoms with Crippen LogP contribution in [0.3, 0.4) is 0 Å².